The molecule has 1 aromatic rings. The molecule has 0 saturated heterocycles. The van der Waals surface area contributed by atoms with Crippen LogP contribution in [0, 0.1) is 12.8 Å². The zero-order chi connectivity index (χ0) is 14.6. The van der Waals surface area contributed by atoms with E-state index in [0.29, 0.717) is 5.92 Å². The molecule has 110 valence electrons. The van der Waals surface area contributed by atoms with Gasteiger partial charge in [-0.15, -0.1) is 11.8 Å². The molecule has 0 aliphatic carbocycles. The molecule has 1 rings (SSSR count). The smallest absolute Gasteiger partial charge is 0.0984 e. The molecule has 2 N–H and O–H groups in total. The van der Waals surface area contributed by atoms with Crippen molar-refractivity contribution in [2.45, 2.75) is 51.7 Å². The van der Waals surface area contributed by atoms with Crippen LogP contribution in [0.2, 0.25) is 0 Å². The number of nitrogens with one attached hydrogen (secondary N) is 1. The maximum absolute atomic E-state index is 9.12. The number of hydrogen-bond donors (Lipinski definition) is 2. The van der Waals surface area contributed by atoms with Crippen molar-refractivity contribution in [2.24, 2.45) is 13.0 Å². The minimum absolute atomic E-state index is 0.0998. The standard InChI is InChI=1S/C14H27N3OS/c1-10(8-18)9-19-13-12(7-15-14(3,4)5)11(2)16-17(13)6/h10,15,18H,7-9H2,1-6H3. The first kappa shape index (κ1) is 16.5. The van der Waals surface area contributed by atoms with E-state index in [2.05, 4.69) is 45.0 Å². The summed E-state index contributed by atoms with van der Waals surface area (Å²) >= 11 is 1.78. The minimum Gasteiger partial charge on any atom is -0.396 e. The van der Waals surface area contributed by atoms with Crippen molar-refractivity contribution in [2.75, 3.05) is 12.4 Å². The van der Waals surface area contributed by atoms with Crippen LogP contribution >= 0.6 is 11.8 Å². The highest BCUT2D eigenvalue weighted by atomic mass is 32.2. The minimum atomic E-state index is 0.0998. The molecule has 0 aliphatic heterocycles. The molecule has 0 fully saturated rings. The monoisotopic (exact) mass is 285 g/mol. The molecule has 0 aliphatic rings. The van der Waals surface area contributed by atoms with Gasteiger partial charge in [-0.05, 0) is 33.6 Å². The molecular weight excluding hydrogens is 258 g/mol. The number of aromatic nitrogens is 2. The molecule has 0 saturated carbocycles. The molecular formula is C14H27N3OS. The van der Waals surface area contributed by atoms with E-state index >= 15 is 0 Å². The topological polar surface area (TPSA) is 50.1 Å². The third-order valence-electron chi connectivity index (χ3n) is 2.90. The molecule has 19 heavy (non-hydrogen) atoms. The summed E-state index contributed by atoms with van der Waals surface area (Å²) in [5.41, 5.74) is 2.45. The third kappa shape index (κ3) is 5.16. The van der Waals surface area contributed by atoms with Gasteiger partial charge in [-0.25, -0.2) is 0 Å². The molecule has 0 aromatic carbocycles. The highest BCUT2D eigenvalue weighted by Gasteiger charge is 2.17. The Morgan fingerprint density at radius 1 is 1.42 bits per heavy atom. The highest BCUT2D eigenvalue weighted by Crippen LogP contribution is 2.27. The first-order valence-electron chi connectivity index (χ1n) is 6.75. The van der Waals surface area contributed by atoms with Gasteiger partial charge in [0.25, 0.3) is 0 Å². The van der Waals surface area contributed by atoms with Crippen molar-refractivity contribution in [3.8, 4) is 0 Å². The first-order chi connectivity index (χ1) is 8.74. The lowest BCUT2D eigenvalue weighted by Gasteiger charge is -2.21. The van der Waals surface area contributed by atoms with Crippen LogP contribution in [0.15, 0.2) is 5.03 Å². The van der Waals surface area contributed by atoms with Gasteiger partial charge < -0.3 is 10.4 Å². The van der Waals surface area contributed by atoms with Gasteiger partial charge in [0.15, 0.2) is 0 Å². The number of thioether (sulfide) groups is 1. The number of aliphatic hydroxyl groups excluding tert-OH is 1. The first-order valence-corrected chi connectivity index (χ1v) is 7.74. The molecule has 1 heterocycles. The number of rotatable bonds is 6. The van der Waals surface area contributed by atoms with E-state index in [0.717, 1.165) is 18.0 Å². The summed E-state index contributed by atoms with van der Waals surface area (Å²) in [7, 11) is 1.99. The SMILES string of the molecule is Cc1nn(C)c(SCC(C)CO)c1CNC(C)(C)C. The maximum atomic E-state index is 9.12. The van der Waals surface area contributed by atoms with Gasteiger partial charge in [-0.1, -0.05) is 6.92 Å². The normalized spacial score (nSPS) is 13.8. The molecule has 0 spiro atoms. The fourth-order valence-electron chi connectivity index (χ4n) is 1.69. The van der Waals surface area contributed by atoms with E-state index in [1.807, 2.05) is 11.7 Å². The number of aliphatic hydroxyl groups is 1. The van der Waals surface area contributed by atoms with E-state index in [4.69, 9.17) is 5.11 Å². The lowest BCUT2D eigenvalue weighted by Crippen LogP contribution is -2.35. The molecule has 0 bridgehead atoms. The lowest BCUT2D eigenvalue weighted by molar-refractivity contribution is 0.250. The third-order valence-corrected chi connectivity index (χ3v) is 4.42. The molecule has 1 unspecified atom stereocenters. The second kappa shape index (κ2) is 6.77. The Hall–Kier alpha value is -0.520. The quantitative estimate of drug-likeness (QED) is 0.788. The Bertz CT molecular complexity index is 410. The van der Waals surface area contributed by atoms with Gasteiger partial charge in [-0.2, -0.15) is 5.10 Å². The zero-order valence-corrected chi connectivity index (χ0v) is 13.8. The molecule has 0 amide bonds. The molecule has 1 atom stereocenters. The largest absolute Gasteiger partial charge is 0.396 e. The van der Waals surface area contributed by atoms with E-state index < -0.39 is 0 Å². The van der Waals surface area contributed by atoms with Gasteiger partial charge in [0, 0.05) is 37.1 Å². The number of nitrogens with zero attached hydrogens (tertiary/aromatic N) is 2. The lowest BCUT2D eigenvalue weighted by atomic mass is 10.1. The Morgan fingerprint density at radius 3 is 2.58 bits per heavy atom. The highest BCUT2D eigenvalue weighted by molar-refractivity contribution is 7.99. The van der Waals surface area contributed by atoms with E-state index in [9.17, 15) is 0 Å². The van der Waals surface area contributed by atoms with Crippen LogP contribution in [0.3, 0.4) is 0 Å². The van der Waals surface area contributed by atoms with Crippen LogP contribution in [-0.4, -0.2) is 32.8 Å². The second-order valence-corrected chi connectivity index (χ2v) is 7.20. The summed E-state index contributed by atoms with van der Waals surface area (Å²) in [6.45, 7) is 11.7. The second-order valence-electron chi connectivity index (χ2n) is 6.20. The van der Waals surface area contributed by atoms with Gasteiger partial charge in [0.2, 0.25) is 0 Å². The predicted octanol–water partition coefficient (Wildman–Crippen LogP) is 2.34. The Labute approximate surface area is 121 Å². The molecule has 5 heteroatoms. The molecule has 1 aromatic heterocycles. The average molecular weight is 285 g/mol. The van der Waals surface area contributed by atoms with Crippen LogP contribution in [0.25, 0.3) is 0 Å². The van der Waals surface area contributed by atoms with Crippen LogP contribution in [0.1, 0.15) is 39.0 Å². The van der Waals surface area contributed by atoms with Crippen LogP contribution in [0.4, 0.5) is 0 Å². The van der Waals surface area contributed by atoms with Gasteiger partial charge in [0.05, 0.1) is 10.7 Å². The van der Waals surface area contributed by atoms with Crippen molar-refractivity contribution >= 4 is 11.8 Å². The Morgan fingerprint density at radius 2 is 2.05 bits per heavy atom. The summed E-state index contributed by atoms with van der Waals surface area (Å²) in [4.78, 5) is 0. The summed E-state index contributed by atoms with van der Waals surface area (Å²) in [5, 5.41) is 18.3. The Kier molecular flexibility index (Phi) is 5.89. The van der Waals surface area contributed by atoms with Gasteiger partial charge >= 0.3 is 0 Å². The summed E-state index contributed by atoms with van der Waals surface area (Å²) in [6, 6.07) is 0. The number of hydrogen-bond acceptors (Lipinski definition) is 4. The fraction of sp³-hybridized carbons (Fsp3) is 0.786. The Balaban J connectivity index is 2.79. The van der Waals surface area contributed by atoms with Crippen LogP contribution in [0.5, 0.6) is 0 Å². The van der Waals surface area contributed by atoms with Crippen molar-refractivity contribution in [1.82, 2.24) is 15.1 Å². The van der Waals surface area contributed by atoms with Crippen LogP contribution < -0.4 is 5.32 Å². The van der Waals surface area contributed by atoms with Crippen molar-refractivity contribution in [1.29, 1.82) is 0 Å². The van der Waals surface area contributed by atoms with Crippen LogP contribution in [-0.2, 0) is 13.6 Å². The summed E-state index contributed by atoms with van der Waals surface area (Å²) < 4.78 is 1.95. The van der Waals surface area contributed by atoms with Crippen molar-refractivity contribution in [3.63, 3.8) is 0 Å². The maximum Gasteiger partial charge on any atom is 0.0984 e. The molecule has 4 nitrogen and oxygen atoms in total. The predicted molar refractivity (Wildman–Crippen MR) is 81.5 cm³/mol. The molecule has 0 radical (unpaired) electrons. The zero-order valence-electron chi connectivity index (χ0n) is 12.9. The summed E-state index contributed by atoms with van der Waals surface area (Å²) in [6.07, 6.45) is 0. The fourth-order valence-corrected chi connectivity index (χ4v) is 2.86. The van der Waals surface area contributed by atoms with E-state index in [-0.39, 0.29) is 12.1 Å². The summed E-state index contributed by atoms with van der Waals surface area (Å²) in [5.74, 6) is 1.22. The van der Waals surface area contributed by atoms with E-state index in [1.54, 1.807) is 11.8 Å². The van der Waals surface area contributed by atoms with Crippen molar-refractivity contribution < 1.29 is 5.11 Å². The van der Waals surface area contributed by atoms with Crippen molar-refractivity contribution in [3.05, 3.63) is 11.3 Å². The van der Waals surface area contributed by atoms with Gasteiger partial charge in [-0.3, -0.25) is 4.68 Å². The van der Waals surface area contributed by atoms with Gasteiger partial charge in [0.1, 0.15) is 0 Å². The average Bonchev–Trinajstić information content (AvgIpc) is 2.57. The number of aryl methyl sites for hydroxylation is 2. The van der Waals surface area contributed by atoms with E-state index in [1.165, 1.54) is 10.6 Å².